The van der Waals surface area contributed by atoms with Crippen molar-refractivity contribution >= 4 is 44.9 Å². The molecule has 4 aromatic rings. The number of thioether (sulfide) groups is 1. The van der Waals surface area contributed by atoms with E-state index in [4.69, 9.17) is 21.3 Å². The van der Waals surface area contributed by atoms with Crippen LogP contribution in [-0.4, -0.2) is 21.9 Å². The van der Waals surface area contributed by atoms with Gasteiger partial charge in [-0.05, 0) is 68.7 Å². The summed E-state index contributed by atoms with van der Waals surface area (Å²) < 4.78 is 7.58. The van der Waals surface area contributed by atoms with Crippen LogP contribution in [0.4, 0.5) is 0 Å². The molecule has 0 spiro atoms. The van der Waals surface area contributed by atoms with Crippen molar-refractivity contribution in [3.63, 3.8) is 0 Å². The number of benzene rings is 2. The van der Waals surface area contributed by atoms with Crippen molar-refractivity contribution in [2.45, 2.75) is 32.3 Å². The number of fused-ring (bicyclic) bond motifs is 1. The number of aromatic nitrogens is 2. The Hall–Kier alpha value is -2.28. The van der Waals surface area contributed by atoms with Gasteiger partial charge in [0.1, 0.15) is 10.6 Å². The highest BCUT2D eigenvalue weighted by atomic mass is 35.5. The standard InChI is InChI=1S/C24H23ClN2O2S2/c1-15-14-19(10-11-20(15)25)29-12-7-13-30-24-26-22-21(16(2)17(3)31-22)23(28)27(24)18-8-5-4-6-9-18/h4-6,8-11,14H,7,12-13H2,1-3H3. The maximum Gasteiger partial charge on any atom is 0.267 e. The Morgan fingerprint density at radius 3 is 2.65 bits per heavy atom. The summed E-state index contributed by atoms with van der Waals surface area (Å²) in [6, 6.07) is 15.4. The minimum absolute atomic E-state index is 0.00607. The number of ether oxygens (including phenoxy) is 1. The van der Waals surface area contributed by atoms with Gasteiger partial charge in [-0.25, -0.2) is 4.98 Å². The average Bonchev–Trinajstić information content (AvgIpc) is 3.04. The Labute approximate surface area is 194 Å². The van der Waals surface area contributed by atoms with Crippen LogP contribution in [0, 0.1) is 20.8 Å². The van der Waals surface area contributed by atoms with Gasteiger partial charge in [-0.1, -0.05) is 41.6 Å². The summed E-state index contributed by atoms with van der Waals surface area (Å²) >= 11 is 9.24. The molecule has 7 heteroatoms. The van der Waals surface area contributed by atoms with E-state index < -0.39 is 0 Å². The van der Waals surface area contributed by atoms with Gasteiger partial charge in [0.2, 0.25) is 0 Å². The molecule has 0 aliphatic rings. The van der Waals surface area contributed by atoms with E-state index in [1.807, 2.05) is 69.3 Å². The van der Waals surface area contributed by atoms with Crippen molar-refractivity contribution in [3.05, 3.63) is 79.9 Å². The number of thiophene rings is 1. The molecule has 0 saturated heterocycles. The smallest absolute Gasteiger partial charge is 0.267 e. The maximum atomic E-state index is 13.4. The molecular weight excluding hydrogens is 448 g/mol. The lowest BCUT2D eigenvalue weighted by molar-refractivity contribution is 0.318. The fourth-order valence-electron chi connectivity index (χ4n) is 3.30. The molecule has 0 amide bonds. The van der Waals surface area contributed by atoms with Crippen LogP contribution < -0.4 is 10.3 Å². The first kappa shape index (κ1) is 21.9. The van der Waals surface area contributed by atoms with E-state index in [2.05, 4.69) is 0 Å². The summed E-state index contributed by atoms with van der Waals surface area (Å²) in [5.74, 6) is 1.61. The van der Waals surface area contributed by atoms with Crippen LogP contribution in [0.3, 0.4) is 0 Å². The predicted octanol–water partition coefficient (Wildman–Crippen LogP) is 6.59. The zero-order valence-electron chi connectivity index (χ0n) is 17.6. The first-order chi connectivity index (χ1) is 15.0. The highest BCUT2D eigenvalue weighted by Gasteiger charge is 2.17. The summed E-state index contributed by atoms with van der Waals surface area (Å²) in [5.41, 5.74) is 2.85. The van der Waals surface area contributed by atoms with Gasteiger partial charge in [0.25, 0.3) is 5.56 Å². The highest BCUT2D eigenvalue weighted by Crippen LogP contribution is 2.30. The number of para-hydroxylation sites is 1. The normalized spacial score (nSPS) is 11.2. The monoisotopic (exact) mass is 470 g/mol. The summed E-state index contributed by atoms with van der Waals surface area (Å²) in [4.78, 5) is 20.2. The van der Waals surface area contributed by atoms with Crippen LogP contribution in [0.15, 0.2) is 58.5 Å². The van der Waals surface area contributed by atoms with Crippen molar-refractivity contribution in [1.29, 1.82) is 0 Å². The Morgan fingerprint density at radius 1 is 1.13 bits per heavy atom. The number of rotatable bonds is 7. The number of aryl methyl sites for hydroxylation is 3. The zero-order chi connectivity index (χ0) is 22.0. The minimum Gasteiger partial charge on any atom is -0.494 e. The molecule has 0 fully saturated rings. The van der Waals surface area contributed by atoms with Gasteiger partial charge in [-0.3, -0.25) is 9.36 Å². The Kier molecular flexibility index (Phi) is 6.70. The molecule has 0 N–H and O–H groups in total. The van der Waals surface area contributed by atoms with Crippen LogP contribution >= 0.6 is 34.7 Å². The molecule has 4 nitrogen and oxygen atoms in total. The Bertz CT molecular complexity index is 1280. The third kappa shape index (κ3) is 4.66. The van der Waals surface area contributed by atoms with Gasteiger partial charge in [0, 0.05) is 15.7 Å². The average molecular weight is 471 g/mol. The van der Waals surface area contributed by atoms with E-state index in [0.717, 1.165) is 54.9 Å². The van der Waals surface area contributed by atoms with Gasteiger partial charge >= 0.3 is 0 Å². The predicted molar refractivity (Wildman–Crippen MR) is 132 cm³/mol. The molecule has 0 atom stereocenters. The van der Waals surface area contributed by atoms with Gasteiger partial charge in [0.05, 0.1) is 17.7 Å². The fourth-order valence-corrected chi connectivity index (χ4v) is 5.41. The molecule has 2 aromatic heterocycles. The molecule has 31 heavy (non-hydrogen) atoms. The van der Waals surface area contributed by atoms with E-state index in [-0.39, 0.29) is 5.56 Å². The summed E-state index contributed by atoms with van der Waals surface area (Å²) in [5, 5.41) is 2.17. The quantitative estimate of drug-likeness (QED) is 0.174. The van der Waals surface area contributed by atoms with Crippen molar-refractivity contribution in [2.75, 3.05) is 12.4 Å². The molecule has 160 valence electrons. The maximum absolute atomic E-state index is 13.4. The van der Waals surface area contributed by atoms with Crippen LogP contribution in [0.25, 0.3) is 15.9 Å². The lowest BCUT2D eigenvalue weighted by atomic mass is 10.2. The molecule has 0 bridgehead atoms. The zero-order valence-corrected chi connectivity index (χ0v) is 20.0. The van der Waals surface area contributed by atoms with Crippen molar-refractivity contribution in [1.82, 2.24) is 9.55 Å². The lowest BCUT2D eigenvalue weighted by Crippen LogP contribution is -2.21. The van der Waals surface area contributed by atoms with E-state index in [1.165, 1.54) is 0 Å². The number of hydrogen-bond donors (Lipinski definition) is 0. The van der Waals surface area contributed by atoms with Crippen molar-refractivity contribution in [3.8, 4) is 11.4 Å². The number of halogens is 1. The Morgan fingerprint density at radius 2 is 1.90 bits per heavy atom. The number of nitrogens with zero attached hydrogens (tertiary/aromatic N) is 2. The second-order valence-corrected chi connectivity index (χ2v) is 9.97. The van der Waals surface area contributed by atoms with E-state index in [9.17, 15) is 4.79 Å². The fraction of sp³-hybridized carbons (Fsp3) is 0.250. The van der Waals surface area contributed by atoms with E-state index in [1.54, 1.807) is 27.7 Å². The molecule has 0 saturated carbocycles. The van der Waals surface area contributed by atoms with Crippen LogP contribution in [0.5, 0.6) is 5.75 Å². The highest BCUT2D eigenvalue weighted by molar-refractivity contribution is 7.99. The third-order valence-corrected chi connectivity index (χ3v) is 7.65. The molecule has 2 aromatic carbocycles. The first-order valence-corrected chi connectivity index (χ1v) is 12.2. The molecule has 2 heterocycles. The summed E-state index contributed by atoms with van der Waals surface area (Å²) in [7, 11) is 0. The molecule has 0 aliphatic heterocycles. The second-order valence-electron chi connectivity index (χ2n) is 7.30. The topological polar surface area (TPSA) is 44.1 Å². The minimum atomic E-state index is -0.00607. The largest absolute Gasteiger partial charge is 0.494 e. The van der Waals surface area contributed by atoms with Crippen LogP contribution in [0.1, 0.15) is 22.4 Å². The van der Waals surface area contributed by atoms with Crippen molar-refractivity contribution < 1.29 is 4.74 Å². The Balaban J connectivity index is 1.54. The van der Waals surface area contributed by atoms with Gasteiger partial charge < -0.3 is 4.74 Å². The third-order valence-electron chi connectivity index (χ3n) is 5.10. The molecule has 0 unspecified atom stereocenters. The van der Waals surface area contributed by atoms with Gasteiger partial charge in [-0.2, -0.15) is 0 Å². The van der Waals surface area contributed by atoms with Gasteiger partial charge in [-0.15, -0.1) is 11.3 Å². The lowest BCUT2D eigenvalue weighted by Gasteiger charge is -2.12. The second kappa shape index (κ2) is 9.47. The molecule has 4 rings (SSSR count). The molecular formula is C24H23ClN2O2S2. The van der Waals surface area contributed by atoms with Gasteiger partial charge in [0.15, 0.2) is 5.16 Å². The van der Waals surface area contributed by atoms with E-state index in [0.29, 0.717) is 11.8 Å². The summed E-state index contributed by atoms with van der Waals surface area (Å²) in [6.45, 7) is 6.58. The van der Waals surface area contributed by atoms with Crippen molar-refractivity contribution in [2.24, 2.45) is 0 Å². The number of hydrogen-bond acceptors (Lipinski definition) is 5. The van der Waals surface area contributed by atoms with Crippen LogP contribution in [-0.2, 0) is 0 Å². The SMILES string of the molecule is Cc1cc(OCCCSc2nc3sc(C)c(C)c3c(=O)n2-c2ccccc2)ccc1Cl. The molecule has 0 aliphatic carbocycles. The summed E-state index contributed by atoms with van der Waals surface area (Å²) in [6.07, 6.45) is 0.831. The first-order valence-electron chi connectivity index (χ1n) is 10.1. The van der Waals surface area contributed by atoms with E-state index >= 15 is 0 Å². The van der Waals surface area contributed by atoms with Crippen LogP contribution in [0.2, 0.25) is 5.02 Å². The molecule has 0 radical (unpaired) electrons.